The fraction of sp³-hybridized carbons (Fsp3) is 0.400. The second kappa shape index (κ2) is 9.54. The summed E-state index contributed by atoms with van der Waals surface area (Å²) in [6.45, 7) is 1.34. The Bertz CT molecular complexity index is 1120. The fourth-order valence-electron chi connectivity index (χ4n) is 3.41. The number of ether oxygens (including phenoxy) is 1. The van der Waals surface area contributed by atoms with Gasteiger partial charge in [0.1, 0.15) is 17.4 Å². The molecule has 7 nitrogen and oxygen atoms in total. The van der Waals surface area contributed by atoms with Crippen LogP contribution in [0.5, 0.6) is 0 Å². The van der Waals surface area contributed by atoms with E-state index in [1.165, 1.54) is 17.4 Å². The second-order valence-electron chi connectivity index (χ2n) is 7.05. The van der Waals surface area contributed by atoms with Crippen LogP contribution in [0.1, 0.15) is 40.6 Å². The number of sulfonamides is 1. The molecule has 0 saturated heterocycles. The summed E-state index contributed by atoms with van der Waals surface area (Å²) in [5, 5.41) is 2.76. The number of aryl methyl sites for hydroxylation is 1. The number of hydrogen-bond donors (Lipinski definition) is 1. The van der Waals surface area contributed by atoms with Gasteiger partial charge in [-0.25, -0.2) is 17.6 Å². The first-order chi connectivity index (χ1) is 14.6. The molecule has 2 aromatic rings. The van der Waals surface area contributed by atoms with Crippen molar-refractivity contribution in [3.63, 3.8) is 0 Å². The Kier molecular flexibility index (Phi) is 7.23. The van der Waals surface area contributed by atoms with E-state index in [4.69, 9.17) is 16.3 Å². The van der Waals surface area contributed by atoms with Crippen LogP contribution in [0.25, 0.3) is 0 Å². The number of thiophene rings is 1. The molecule has 1 aliphatic rings. The fourth-order valence-corrected chi connectivity index (χ4v) is 5.73. The lowest BCUT2D eigenvalue weighted by Gasteiger charge is -2.22. The van der Waals surface area contributed by atoms with Crippen molar-refractivity contribution in [1.82, 2.24) is 0 Å². The number of amides is 1. The van der Waals surface area contributed by atoms with E-state index in [1.807, 2.05) is 0 Å². The zero-order valence-corrected chi connectivity index (χ0v) is 19.4. The van der Waals surface area contributed by atoms with Gasteiger partial charge in [-0.3, -0.25) is 9.10 Å². The number of nitrogens with zero attached hydrogens (tertiary/aromatic N) is 1. The molecule has 168 valence electrons. The lowest BCUT2D eigenvalue weighted by Crippen LogP contribution is -2.37. The highest BCUT2D eigenvalue weighted by Gasteiger charge is 2.28. The summed E-state index contributed by atoms with van der Waals surface area (Å²) in [6.07, 6.45) is 4.41. The van der Waals surface area contributed by atoms with Gasteiger partial charge in [0.05, 0.1) is 29.1 Å². The number of rotatable bonds is 7. The third-order valence-electron chi connectivity index (χ3n) is 4.78. The van der Waals surface area contributed by atoms with E-state index in [-0.39, 0.29) is 17.3 Å². The number of esters is 1. The smallest absolute Gasteiger partial charge is 0.341 e. The van der Waals surface area contributed by atoms with Gasteiger partial charge in [-0.15, -0.1) is 11.3 Å². The van der Waals surface area contributed by atoms with Crippen molar-refractivity contribution in [1.29, 1.82) is 0 Å². The Morgan fingerprint density at radius 1 is 1.29 bits per heavy atom. The Hall–Kier alpha value is -2.17. The molecule has 1 aromatic carbocycles. The average Bonchev–Trinajstić information content (AvgIpc) is 3.05. The summed E-state index contributed by atoms with van der Waals surface area (Å²) in [4.78, 5) is 26.3. The van der Waals surface area contributed by atoms with Crippen LogP contribution in [-0.4, -0.2) is 39.7 Å². The largest absolute Gasteiger partial charge is 0.462 e. The van der Waals surface area contributed by atoms with Gasteiger partial charge >= 0.3 is 5.97 Å². The lowest BCUT2D eigenvalue weighted by atomic mass is 9.95. The molecule has 11 heteroatoms. The first-order valence-electron chi connectivity index (χ1n) is 9.66. The molecule has 1 heterocycles. The van der Waals surface area contributed by atoms with Crippen LogP contribution in [-0.2, 0) is 32.4 Å². The summed E-state index contributed by atoms with van der Waals surface area (Å²) in [6, 6.07) is 3.39. The molecule has 1 N–H and O–H groups in total. The van der Waals surface area contributed by atoms with Gasteiger partial charge in [-0.2, -0.15) is 0 Å². The van der Waals surface area contributed by atoms with Crippen LogP contribution in [0.3, 0.4) is 0 Å². The summed E-state index contributed by atoms with van der Waals surface area (Å²) in [5.74, 6) is -1.86. The van der Waals surface area contributed by atoms with Crippen LogP contribution in [0.4, 0.5) is 15.1 Å². The van der Waals surface area contributed by atoms with E-state index in [9.17, 15) is 22.4 Å². The number of carbonyl (C=O) groups is 2. The Labute approximate surface area is 189 Å². The molecule has 0 radical (unpaired) electrons. The molecule has 1 aliphatic carbocycles. The van der Waals surface area contributed by atoms with Crippen LogP contribution in [0, 0.1) is 5.82 Å². The standard InChI is InChI=1S/C20H22ClFN2O5S2/c1-3-29-20(26)18-13-6-4-5-7-16(13)30-19(18)23-17(25)11-24(31(2,27)28)12-8-9-15(22)14(21)10-12/h8-10H,3-7,11H2,1-2H3,(H,23,25). The lowest BCUT2D eigenvalue weighted by molar-refractivity contribution is -0.114. The number of benzene rings is 1. The van der Waals surface area contributed by atoms with Gasteiger partial charge in [0.25, 0.3) is 0 Å². The van der Waals surface area contributed by atoms with Crippen molar-refractivity contribution in [3.8, 4) is 0 Å². The second-order valence-corrected chi connectivity index (χ2v) is 10.5. The van der Waals surface area contributed by atoms with E-state index in [0.717, 1.165) is 58.8 Å². The minimum atomic E-state index is -3.87. The molecule has 1 amide bonds. The third-order valence-corrected chi connectivity index (χ3v) is 7.42. The summed E-state index contributed by atoms with van der Waals surface area (Å²) >= 11 is 7.08. The highest BCUT2D eigenvalue weighted by atomic mass is 35.5. The number of carbonyl (C=O) groups excluding carboxylic acids is 2. The Morgan fingerprint density at radius 3 is 2.65 bits per heavy atom. The van der Waals surface area contributed by atoms with E-state index in [2.05, 4.69) is 5.32 Å². The molecule has 0 unspecified atom stereocenters. The quantitative estimate of drug-likeness (QED) is 0.594. The maximum Gasteiger partial charge on any atom is 0.341 e. The van der Waals surface area contributed by atoms with E-state index < -0.39 is 34.3 Å². The van der Waals surface area contributed by atoms with Crippen molar-refractivity contribution in [2.24, 2.45) is 0 Å². The number of anilines is 2. The molecule has 31 heavy (non-hydrogen) atoms. The highest BCUT2D eigenvalue weighted by molar-refractivity contribution is 7.92. The van der Waals surface area contributed by atoms with Crippen molar-refractivity contribution in [2.75, 3.05) is 29.0 Å². The SMILES string of the molecule is CCOC(=O)c1c(NC(=O)CN(c2ccc(F)c(Cl)c2)S(C)(=O)=O)sc2c1CCCC2. The predicted molar refractivity (Wildman–Crippen MR) is 119 cm³/mol. The molecular formula is C20H22ClFN2O5S2. The van der Waals surface area contributed by atoms with E-state index in [0.29, 0.717) is 10.6 Å². The molecule has 0 fully saturated rings. The van der Waals surface area contributed by atoms with Crippen molar-refractivity contribution in [2.45, 2.75) is 32.6 Å². The Balaban J connectivity index is 1.88. The summed E-state index contributed by atoms with van der Waals surface area (Å²) in [7, 11) is -3.87. The van der Waals surface area contributed by atoms with Gasteiger partial charge in [0.2, 0.25) is 15.9 Å². The van der Waals surface area contributed by atoms with Crippen LogP contribution in [0.15, 0.2) is 18.2 Å². The van der Waals surface area contributed by atoms with E-state index >= 15 is 0 Å². The first kappa shape index (κ1) is 23.5. The third kappa shape index (κ3) is 5.36. The number of nitrogens with one attached hydrogen (secondary N) is 1. The number of fused-ring (bicyclic) bond motifs is 1. The van der Waals surface area contributed by atoms with Crippen LogP contribution >= 0.6 is 22.9 Å². The van der Waals surface area contributed by atoms with Gasteiger partial charge in [0.15, 0.2) is 0 Å². The predicted octanol–water partition coefficient (Wildman–Crippen LogP) is 4.00. The topological polar surface area (TPSA) is 92.8 Å². The monoisotopic (exact) mass is 488 g/mol. The zero-order chi connectivity index (χ0) is 22.8. The van der Waals surface area contributed by atoms with Crippen molar-refractivity contribution < 1.29 is 27.1 Å². The zero-order valence-electron chi connectivity index (χ0n) is 17.0. The molecular weight excluding hydrogens is 467 g/mol. The average molecular weight is 489 g/mol. The van der Waals surface area contributed by atoms with Gasteiger partial charge in [-0.05, 0) is 56.4 Å². The number of halogens is 2. The first-order valence-corrected chi connectivity index (χ1v) is 12.7. The molecule has 0 bridgehead atoms. The van der Waals surface area contributed by atoms with Gasteiger partial charge in [0, 0.05) is 4.88 Å². The van der Waals surface area contributed by atoms with Crippen LogP contribution < -0.4 is 9.62 Å². The molecule has 0 atom stereocenters. The van der Waals surface area contributed by atoms with E-state index in [1.54, 1.807) is 6.92 Å². The Morgan fingerprint density at radius 2 is 2.00 bits per heavy atom. The maximum absolute atomic E-state index is 13.5. The molecule has 3 rings (SSSR count). The summed E-state index contributed by atoms with van der Waals surface area (Å²) in [5.41, 5.74) is 1.28. The molecule has 0 saturated carbocycles. The van der Waals surface area contributed by atoms with Crippen molar-refractivity contribution >= 4 is 55.5 Å². The van der Waals surface area contributed by atoms with Crippen molar-refractivity contribution in [3.05, 3.63) is 45.0 Å². The van der Waals surface area contributed by atoms with Gasteiger partial charge in [-0.1, -0.05) is 11.6 Å². The molecule has 0 spiro atoms. The highest BCUT2D eigenvalue weighted by Crippen LogP contribution is 2.38. The summed E-state index contributed by atoms with van der Waals surface area (Å²) < 4.78 is 44.0. The van der Waals surface area contributed by atoms with Crippen LogP contribution in [0.2, 0.25) is 5.02 Å². The minimum Gasteiger partial charge on any atom is -0.462 e. The number of hydrogen-bond acceptors (Lipinski definition) is 6. The maximum atomic E-state index is 13.5. The molecule has 0 aliphatic heterocycles. The van der Waals surface area contributed by atoms with Gasteiger partial charge < -0.3 is 10.1 Å². The normalized spacial score (nSPS) is 13.4. The minimum absolute atomic E-state index is 0.0557. The molecule has 1 aromatic heterocycles.